The normalized spacial score (nSPS) is 16.8. The first-order valence-electron chi connectivity index (χ1n) is 11.2. The molecule has 176 valence electrons. The largest absolute Gasteiger partial charge is 0.386 e. The molecule has 34 heavy (non-hydrogen) atoms. The molecule has 0 saturated carbocycles. The van der Waals surface area contributed by atoms with Gasteiger partial charge in [-0.2, -0.15) is 0 Å². The molecule has 0 spiro atoms. The summed E-state index contributed by atoms with van der Waals surface area (Å²) in [6, 6.07) is 22.2. The molecule has 7 heteroatoms. The van der Waals surface area contributed by atoms with Crippen molar-refractivity contribution in [2.45, 2.75) is 31.5 Å². The summed E-state index contributed by atoms with van der Waals surface area (Å²) in [5.74, 6) is -0.803. The second-order valence-corrected chi connectivity index (χ2v) is 8.30. The Bertz CT molecular complexity index is 1120. The fourth-order valence-electron chi connectivity index (χ4n) is 4.01. The van der Waals surface area contributed by atoms with E-state index in [1.807, 2.05) is 30.3 Å². The van der Waals surface area contributed by atoms with Crippen LogP contribution in [0.15, 0.2) is 78.9 Å². The van der Waals surface area contributed by atoms with E-state index < -0.39 is 18.0 Å². The van der Waals surface area contributed by atoms with Crippen LogP contribution in [0.3, 0.4) is 0 Å². The van der Waals surface area contributed by atoms with Crippen LogP contribution in [0, 0.1) is 5.82 Å². The van der Waals surface area contributed by atoms with E-state index in [9.17, 15) is 19.1 Å². The average molecular weight is 463 g/mol. The van der Waals surface area contributed by atoms with Gasteiger partial charge in [-0.1, -0.05) is 60.7 Å². The van der Waals surface area contributed by atoms with Crippen molar-refractivity contribution in [3.05, 3.63) is 101 Å². The number of anilines is 1. The zero-order valence-corrected chi connectivity index (χ0v) is 18.7. The lowest BCUT2D eigenvalue weighted by Crippen LogP contribution is -2.51. The molecule has 6 nitrogen and oxygen atoms in total. The maximum Gasteiger partial charge on any atom is 0.249 e. The van der Waals surface area contributed by atoms with Crippen LogP contribution in [-0.4, -0.2) is 41.1 Å². The van der Waals surface area contributed by atoms with Gasteiger partial charge in [-0.05, 0) is 35.7 Å². The van der Waals surface area contributed by atoms with E-state index in [0.29, 0.717) is 29.7 Å². The number of carbonyl (C=O) groups is 2. The molecular weight excluding hydrogens is 435 g/mol. The van der Waals surface area contributed by atoms with Crippen molar-refractivity contribution in [2.24, 2.45) is 0 Å². The van der Waals surface area contributed by atoms with Crippen molar-refractivity contribution in [1.82, 2.24) is 4.90 Å². The number of nitrogens with one attached hydrogen (secondary N) is 1. The van der Waals surface area contributed by atoms with Crippen molar-refractivity contribution in [1.29, 1.82) is 0 Å². The molecule has 0 unspecified atom stereocenters. The minimum absolute atomic E-state index is 0.0478. The first-order valence-corrected chi connectivity index (χ1v) is 11.2. The van der Waals surface area contributed by atoms with E-state index in [0.717, 1.165) is 5.56 Å². The number of aliphatic hydroxyl groups is 1. The van der Waals surface area contributed by atoms with Gasteiger partial charge in [0, 0.05) is 24.2 Å². The molecule has 2 atom stereocenters. The van der Waals surface area contributed by atoms with E-state index >= 15 is 0 Å². The van der Waals surface area contributed by atoms with Gasteiger partial charge in [0.2, 0.25) is 11.8 Å². The number of rotatable bonds is 8. The van der Waals surface area contributed by atoms with Crippen LogP contribution in [0.4, 0.5) is 10.1 Å². The van der Waals surface area contributed by atoms with Crippen molar-refractivity contribution in [3.63, 3.8) is 0 Å². The Balaban J connectivity index is 1.39. The Morgan fingerprint density at radius 1 is 1.06 bits per heavy atom. The number of aryl methyl sites for hydroxylation is 1. The second kappa shape index (κ2) is 11.0. The molecule has 2 N–H and O–H groups in total. The Morgan fingerprint density at radius 3 is 2.50 bits per heavy atom. The molecule has 1 aliphatic rings. The van der Waals surface area contributed by atoms with Gasteiger partial charge >= 0.3 is 0 Å². The van der Waals surface area contributed by atoms with E-state index in [2.05, 4.69) is 5.32 Å². The molecule has 4 rings (SSSR count). The molecule has 1 aliphatic heterocycles. The zero-order chi connectivity index (χ0) is 23.9. The number of morpholine rings is 1. The highest BCUT2D eigenvalue weighted by Crippen LogP contribution is 2.27. The lowest BCUT2D eigenvalue weighted by Gasteiger charge is -2.38. The second-order valence-electron chi connectivity index (χ2n) is 8.30. The van der Waals surface area contributed by atoms with Crippen molar-refractivity contribution < 1.29 is 23.8 Å². The number of hydrogen-bond donors (Lipinski definition) is 2. The van der Waals surface area contributed by atoms with Crippen LogP contribution >= 0.6 is 0 Å². The Kier molecular flexibility index (Phi) is 7.67. The number of hydrogen-bond acceptors (Lipinski definition) is 4. The molecule has 1 saturated heterocycles. The standard InChI is InChI=1S/C27H27FN2O4/c28-23-9-5-4-8-21(23)16-30-24(17-34-18-26(30)32)27(33)20-11-13-22(14-12-20)29-25(31)15-10-19-6-2-1-3-7-19/h1-9,11-14,24,27,33H,10,15-18H2,(H,29,31)/t24-,27-/m1/s1. The quantitative estimate of drug-likeness (QED) is 0.533. The summed E-state index contributed by atoms with van der Waals surface area (Å²) in [6.07, 6.45) is -0.0170. The maximum absolute atomic E-state index is 14.2. The van der Waals surface area contributed by atoms with Gasteiger partial charge in [0.15, 0.2) is 0 Å². The molecule has 1 heterocycles. The third-order valence-corrected chi connectivity index (χ3v) is 5.92. The fraction of sp³-hybridized carbons (Fsp3) is 0.259. The maximum atomic E-state index is 14.2. The average Bonchev–Trinajstić information content (AvgIpc) is 2.86. The molecule has 3 aromatic carbocycles. The molecular formula is C27H27FN2O4. The highest BCUT2D eigenvalue weighted by atomic mass is 19.1. The smallest absolute Gasteiger partial charge is 0.249 e. The van der Waals surface area contributed by atoms with Crippen molar-refractivity contribution in [3.8, 4) is 0 Å². The number of halogens is 1. The minimum atomic E-state index is -1.03. The van der Waals surface area contributed by atoms with Gasteiger partial charge in [-0.25, -0.2) is 4.39 Å². The van der Waals surface area contributed by atoms with Crippen LogP contribution in [0.5, 0.6) is 0 Å². The highest BCUT2D eigenvalue weighted by molar-refractivity contribution is 5.90. The molecule has 0 bridgehead atoms. The predicted octanol–water partition coefficient (Wildman–Crippen LogP) is 3.86. The number of ether oxygens (including phenoxy) is 1. The van der Waals surface area contributed by atoms with Gasteiger partial charge < -0.3 is 20.1 Å². The summed E-state index contributed by atoms with van der Waals surface area (Å²) in [5, 5.41) is 13.9. The number of nitrogens with zero attached hydrogens (tertiary/aromatic N) is 1. The lowest BCUT2D eigenvalue weighted by atomic mass is 9.99. The Morgan fingerprint density at radius 2 is 1.76 bits per heavy atom. The van der Waals surface area contributed by atoms with Crippen LogP contribution in [-0.2, 0) is 27.3 Å². The third-order valence-electron chi connectivity index (χ3n) is 5.92. The number of amides is 2. The lowest BCUT2D eigenvalue weighted by molar-refractivity contribution is -0.155. The predicted molar refractivity (Wildman–Crippen MR) is 126 cm³/mol. The van der Waals surface area contributed by atoms with E-state index in [4.69, 9.17) is 4.74 Å². The van der Waals surface area contributed by atoms with Gasteiger partial charge in [0.25, 0.3) is 0 Å². The molecule has 2 amide bonds. The van der Waals surface area contributed by atoms with Crippen LogP contribution in [0.25, 0.3) is 0 Å². The van der Waals surface area contributed by atoms with Gasteiger partial charge in [-0.15, -0.1) is 0 Å². The molecule has 3 aromatic rings. The van der Waals surface area contributed by atoms with Crippen molar-refractivity contribution >= 4 is 17.5 Å². The summed E-state index contributed by atoms with van der Waals surface area (Å²) in [5.41, 5.74) is 2.67. The first kappa shape index (κ1) is 23.6. The summed E-state index contributed by atoms with van der Waals surface area (Å²) in [7, 11) is 0. The van der Waals surface area contributed by atoms with Gasteiger partial charge in [0.1, 0.15) is 18.5 Å². The summed E-state index contributed by atoms with van der Waals surface area (Å²) in [6.45, 7) is 0.0805. The van der Waals surface area contributed by atoms with E-state index in [1.54, 1.807) is 42.5 Å². The number of aliphatic hydroxyl groups excluding tert-OH is 1. The fourth-order valence-corrected chi connectivity index (χ4v) is 4.01. The third kappa shape index (κ3) is 5.87. The van der Waals surface area contributed by atoms with Crippen LogP contribution < -0.4 is 5.32 Å². The Hall–Kier alpha value is -3.55. The van der Waals surface area contributed by atoms with Crippen LogP contribution in [0.1, 0.15) is 29.2 Å². The molecule has 0 radical (unpaired) electrons. The number of carbonyl (C=O) groups excluding carboxylic acids is 2. The van der Waals surface area contributed by atoms with Gasteiger partial charge in [-0.3, -0.25) is 9.59 Å². The molecule has 0 aromatic heterocycles. The Labute approximate surface area is 198 Å². The summed E-state index contributed by atoms with van der Waals surface area (Å²) < 4.78 is 19.5. The summed E-state index contributed by atoms with van der Waals surface area (Å²) in [4.78, 5) is 26.3. The molecule has 0 aliphatic carbocycles. The minimum Gasteiger partial charge on any atom is -0.386 e. The first-order chi connectivity index (χ1) is 16.5. The highest BCUT2D eigenvalue weighted by Gasteiger charge is 2.35. The van der Waals surface area contributed by atoms with E-state index in [-0.39, 0.29) is 31.6 Å². The SMILES string of the molecule is O=C(CCc1ccccc1)Nc1ccc([C@@H](O)[C@H]2COCC(=O)N2Cc2ccccc2F)cc1. The van der Waals surface area contributed by atoms with Gasteiger partial charge in [0.05, 0.1) is 12.6 Å². The topological polar surface area (TPSA) is 78.9 Å². The summed E-state index contributed by atoms with van der Waals surface area (Å²) >= 11 is 0. The molecule has 1 fully saturated rings. The van der Waals surface area contributed by atoms with Crippen LogP contribution in [0.2, 0.25) is 0 Å². The number of benzene rings is 3. The zero-order valence-electron chi connectivity index (χ0n) is 18.7. The van der Waals surface area contributed by atoms with E-state index in [1.165, 1.54) is 11.0 Å². The monoisotopic (exact) mass is 462 g/mol. The van der Waals surface area contributed by atoms with Crippen molar-refractivity contribution in [2.75, 3.05) is 18.5 Å².